The van der Waals surface area contributed by atoms with Gasteiger partial charge in [-0.15, -0.1) is 0 Å². The van der Waals surface area contributed by atoms with Crippen LogP contribution in [0.4, 0.5) is 4.39 Å². The van der Waals surface area contributed by atoms with E-state index in [4.69, 9.17) is 16.3 Å². The van der Waals surface area contributed by atoms with Crippen molar-refractivity contribution in [2.75, 3.05) is 0 Å². The molecular formula is C13H9BrClFO2. The molecule has 2 aromatic carbocycles. The SMILES string of the molecule is OCc1cccc(Cl)c1Oc1cc(F)cc(Br)c1. The Labute approximate surface area is 117 Å². The molecule has 0 amide bonds. The predicted molar refractivity (Wildman–Crippen MR) is 71.5 cm³/mol. The van der Waals surface area contributed by atoms with Crippen LogP contribution in [0.1, 0.15) is 5.56 Å². The average Bonchev–Trinajstić information content (AvgIpc) is 2.30. The van der Waals surface area contributed by atoms with Crippen LogP contribution in [0, 0.1) is 5.82 Å². The molecule has 18 heavy (non-hydrogen) atoms. The summed E-state index contributed by atoms with van der Waals surface area (Å²) < 4.78 is 19.3. The Hall–Kier alpha value is -1.10. The van der Waals surface area contributed by atoms with Crippen molar-refractivity contribution in [3.8, 4) is 11.5 Å². The summed E-state index contributed by atoms with van der Waals surface area (Å²) in [6.45, 7) is -0.202. The van der Waals surface area contributed by atoms with Crippen LogP contribution in [0.15, 0.2) is 40.9 Å². The maximum absolute atomic E-state index is 13.2. The topological polar surface area (TPSA) is 29.5 Å². The first kappa shape index (κ1) is 13.3. The molecule has 1 N–H and O–H groups in total. The van der Waals surface area contributed by atoms with Gasteiger partial charge in [0.25, 0.3) is 0 Å². The summed E-state index contributed by atoms with van der Waals surface area (Å²) in [5, 5.41) is 9.57. The number of aliphatic hydroxyl groups is 1. The lowest BCUT2D eigenvalue weighted by Gasteiger charge is -2.11. The Morgan fingerprint density at radius 3 is 2.72 bits per heavy atom. The quantitative estimate of drug-likeness (QED) is 0.895. The van der Waals surface area contributed by atoms with Crippen molar-refractivity contribution in [1.29, 1.82) is 0 Å². The summed E-state index contributed by atoms with van der Waals surface area (Å²) in [6.07, 6.45) is 0. The Balaban J connectivity index is 2.39. The lowest BCUT2D eigenvalue weighted by molar-refractivity contribution is 0.276. The molecule has 0 saturated carbocycles. The Morgan fingerprint density at radius 1 is 1.28 bits per heavy atom. The fourth-order valence-electron chi connectivity index (χ4n) is 1.50. The maximum Gasteiger partial charge on any atom is 0.151 e. The van der Waals surface area contributed by atoms with Gasteiger partial charge >= 0.3 is 0 Å². The molecular weight excluding hydrogens is 322 g/mol. The number of aliphatic hydroxyl groups excluding tert-OH is 1. The fraction of sp³-hybridized carbons (Fsp3) is 0.0769. The molecule has 0 aliphatic rings. The molecule has 0 aromatic heterocycles. The van der Waals surface area contributed by atoms with Crippen molar-refractivity contribution in [2.24, 2.45) is 0 Å². The molecule has 0 fully saturated rings. The molecule has 0 atom stereocenters. The van der Waals surface area contributed by atoms with E-state index in [9.17, 15) is 9.50 Å². The van der Waals surface area contributed by atoms with Crippen molar-refractivity contribution >= 4 is 27.5 Å². The van der Waals surface area contributed by atoms with E-state index in [1.54, 1.807) is 24.3 Å². The molecule has 0 heterocycles. The zero-order valence-corrected chi connectivity index (χ0v) is 11.5. The van der Waals surface area contributed by atoms with Crippen molar-refractivity contribution in [2.45, 2.75) is 6.61 Å². The lowest BCUT2D eigenvalue weighted by Crippen LogP contribution is -1.93. The third-order valence-corrected chi connectivity index (χ3v) is 3.03. The first-order chi connectivity index (χ1) is 8.60. The summed E-state index contributed by atoms with van der Waals surface area (Å²) in [7, 11) is 0. The van der Waals surface area contributed by atoms with Gasteiger partial charge in [-0.1, -0.05) is 39.7 Å². The van der Waals surface area contributed by atoms with E-state index in [0.717, 1.165) is 0 Å². The van der Waals surface area contributed by atoms with Crippen molar-refractivity contribution in [1.82, 2.24) is 0 Å². The first-order valence-corrected chi connectivity index (χ1v) is 6.29. The second kappa shape index (κ2) is 5.69. The second-order valence-electron chi connectivity index (χ2n) is 3.59. The minimum absolute atomic E-state index is 0.202. The number of para-hydroxylation sites is 1. The predicted octanol–water partition coefficient (Wildman–Crippen LogP) is 4.53. The molecule has 0 spiro atoms. The summed E-state index contributed by atoms with van der Waals surface area (Å²) in [5.74, 6) is 0.223. The van der Waals surface area contributed by atoms with E-state index >= 15 is 0 Å². The minimum atomic E-state index is -0.419. The highest BCUT2D eigenvalue weighted by Crippen LogP contribution is 2.34. The van der Waals surface area contributed by atoms with Gasteiger partial charge in [0.2, 0.25) is 0 Å². The highest BCUT2D eigenvalue weighted by atomic mass is 79.9. The number of halogens is 3. The van der Waals surface area contributed by atoms with Gasteiger partial charge in [0.15, 0.2) is 5.75 Å². The van der Waals surface area contributed by atoms with E-state index in [-0.39, 0.29) is 6.61 Å². The van der Waals surface area contributed by atoms with Crippen LogP contribution in [0.3, 0.4) is 0 Å². The van der Waals surface area contributed by atoms with Crippen LogP contribution in [0.5, 0.6) is 11.5 Å². The molecule has 0 aliphatic carbocycles. The van der Waals surface area contributed by atoms with Gasteiger partial charge < -0.3 is 9.84 Å². The molecule has 2 aromatic rings. The van der Waals surface area contributed by atoms with Gasteiger partial charge in [-0.3, -0.25) is 0 Å². The molecule has 2 rings (SSSR count). The van der Waals surface area contributed by atoms with Crippen molar-refractivity contribution < 1.29 is 14.2 Å². The van der Waals surface area contributed by atoms with Crippen LogP contribution < -0.4 is 4.74 Å². The van der Waals surface area contributed by atoms with Gasteiger partial charge in [-0.25, -0.2) is 4.39 Å². The van der Waals surface area contributed by atoms with Gasteiger partial charge in [-0.2, -0.15) is 0 Å². The summed E-state index contributed by atoms with van der Waals surface area (Å²) >= 11 is 9.17. The van der Waals surface area contributed by atoms with Crippen LogP contribution >= 0.6 is 27.5 Å². The van der Waals surface area contributed by atoms with E-state index in [1.807, 2.05) is 0 Å². The van der Waals surface area contributed by atoms with Crippen LogP contribution in [0.2, 0.25) is 5.02 Å². The van der Waals surface area contributed by atoms with E-state index in [1.165, 1.54) is 12.1 Å². The average molecular weight is 332 g/mol. The zero-order chi connectivity index (χ0) is 13.1. The summed E-state index contributed by atoms with van der Waals surface area (Å²) in [6, 6.07) is 9.23. The second-order valence-corrected chi connectivity index (χ2v) is 4.92. The van der Waals surface area contributed by atoms with Crippen molar-refractivity contribution in [3.63, 3.8) is 0 Å². The molecule has 0 unspecified atom stereocenters. The van der Waals surface area contributed by atoms with Gasteiger partial charge in [0.1, 0.15) is 11.6 Å². The smallest absolute Gasteiger partial charge is 0.151 e. The van der Waals surface area contributed by atoms with E-state index in [0.29, 0.717) is 26.6 Å². The standard InChI is InChI=1S/C13H9BrClFO2/c14-9-4-10(16)6-11(5-9)18-13-8(7-17)2-1-3-12(13)15/h1-6,17H,7H2. The summed E-state index contributed by atoms with van der Waals surface area (Å²) in [4.78, 5) is 0. The third kappa shape index (κ3) is 3.02. The Bertz CT molecular complexity index is 555. The molecule has 0 bridgehead atoms. The summed E-state index contributed by atoms with van der Waals surface area (Å²) in [5.41, 5.74) is 0.544. The molecule has 5 heteroatoms. The lowest BCUT2D eigenvalue weighted by atomic mass is 10.2. The molecule has 94 valence electrons. The van der Waals surface area contributed by atoms with E-state index in [2.05, 4.69) is 15.9 Å². The largest absolute Gasteiger partial charge is 0.455 e. The molecule has 0 radical (unpaired) electrons. The first-order valence-electron chi connectivity index (χ1n) is 5.12. The third-order valence-electron chi connectivity index (χ3n) is 2.27. The fourth-order valence-corrected chi connectivity index (χ4v) is 2.17. The highest BCUT2D eigenvalue weighted by molar-refractivity contribution is 9.10. The normalized spacial score (nSPS) is 10.4. The molecule has 0 aliphatic heterocycles. The highest BCUT2D eigenvalue weighted by Gasteiger charge is 2.10. The van der Waals surface area contributed by atoms with Crippen molar-refractivity contribution in [3.05, 3.63) is 57.3 Å². The van der Waals surface area contributed by atoms with Crippen LogP contribution in [0.25, 0.3) is 0 Å². The molecule has 2 nitrogen and oxygen atoms in total. The number of benzene rings is 2. The number of hydrogen-bond acceptors (Lipinski definition) is 2. The van der Waals surface area contributed by atoms with Crippen LogP contribution in [-0.4, -0.2) is 5.11 Å². The number of hydrogen-bond donors (Lipinski definition) is 1. The Kier molecular flexibility index (Phi) is 4.22. The minimum Gasteiger partial charge on any atom is -0.455 e. The monoisotopic (exact) mass is 330 g/mol. The van der Waals surface area contributed by atoms with E-state index < -0.39 is 5.82 Å². The molecule has 0 saturated heterocycles. The maximum atomic E-state index is 13.2. The van der Waals surface area contributed by atoms with Crippen LogP contribution in [-0.2, 0) is 6.61 Å². The van der Waals surface area contributed by atoms with Gasteiger partial charge in [0, 0.05) is 16.1 Å². The van der Waals surface area contributed by atoms with Gasteiger partial charge in [0.05, 0.1) is 11.6 Å². The number of rotatable bonds is 3. The van der Waals surface area contributed by atoms with Gasteiger partial charge in [-0.05, 0) is 18.2 Å². The Morgan fingerprint density at radius 2 is 2.06 bits per heavy atom. The number of ether oxygens (including phenoxy) is 1. The zero-order valence-electron chi connectivity index (χ0n) is 9.16.